The summed E-state index contributed by atoms with van der Waals surface area (Å²) in [5.74, 6) is 3.38. The second-order valence-corrected chi connectivity index (χ2v) is 6.46. The molecule has 1 aliphatic heterocycles. The van der Waals surface area contributed by atoms with Crippen LogP contribution in [0.3, 0.4) is 0 Å². The van der Waals surface area contributed by atoms with E-state index in [0.29, 0.717) is 5.92 Å². The fraction of sp³-hybridized carbons (Fsp3) is 0.562. The van der Waals surface area contributed by atoms with Crippen molar-refractivity contribution in [1.82, 2.24) is 19.7 Å². The van der Waals surface area contributed by atoms with E-state index in [9.17, 15) is 0 Å². The molecular weight excluding hydrogens is 276 g/mol. The summed E-state index contributed by atoms with van der Waals surface area (Å²) in [5.41, 5.74) is 9.47. The summed E-state index contributed by atoms with van der Waals surface area (Å²) in [5, 5.41) is 4.50. The molecule has 2 aromatic rings. The zero-order valence-corrected chi connectivity index (χ0v) is 13.2. The fourth-order valence-corrected chi connectivity index (χ4v) is 3.30. The number of nitrogen functional groups attached to an aromatic ring is 1. The van der Waals surface area contributed by atoms with Crippen LogP contribution in [0, 0.1) is 6.92 Å². The molecule has 6 heteroatoms. The topological polar surface area (TPSA) is 72.9 Å². The number of hydrogen-bond donors (Lipinski definition) is 1. The maximum atomic E-state index is 6.14. The van der Waals surface area contributed by atoms with Crippen LogP contribution < -0.4 is 10.6 Å². The molecule has 1 saturated carbocycles. The van der Waals surface area contributed by atoms with Crippen molar-refractivity contribution in [1.29, 1.82) is 0 Å². The minimum Gasteiger partial charge on any atom is -0.384 e. The molecular formula is C16H22N6. The van der Waals surface area contributed by atoms with E-state index < -0.39 is 0 Å². The Balaban J connectivity index is 1.65. The first-order chi connectivity index (χ1) is 10.6. The number of aryl methyl sites for hydroxylation is 2. The maximum absolute atomic E-state index is 6.14. The van der Waals surface area contributed by atoms with E-state index in [1.807, 2.05) is 7.05 Å². The third kappa shape index (κ3) is 2.14. The Bertz CT molecular complexity index is 716. The lowest BCUT2D eigenvalue weighted by molar-refractivity contribution is 0.400. The molecule has 0 saturated heterocycles. The van der Waals surface area contributed by atoms with Gasteiger partial charge >= 0.3 is 0 Å². The van der Waals surface area contributed by atoms with Gasteiger partial charge in [-0.05, 0) is 19.8 Å². The van der Waals surface area contributed by atoms with E-state index in [0.717, 1.165) is 53.9 Å². The maximum Gasteiger partial charge on any atom is 0.134 e. The van der Waals surface area contributed by atoms with Crippen LogP contribution in [0.15, 0.2) is 6.07 Å². The van der Waals surface area contributed by atoms with Crippen molar-refractivity contribution in [2.75, 3.05) is 17.2 Å². The van der Waals surface area contributed by atoms with Crippen molar-refractivity contribution in [2.24, 2.45) is 7.05 Å². The number of anilines is 2. The molecule has 3 heterocycles. The monoisotopic (exact) mass is 298 g/mol. The normalized spacial score (nSPS) is 18.2. The van der Waals surface area contributed by atoms with Gasteiger partial charge in [0.25, 0.3) is 0 Å². The van der Waals surface area contributed by atoms with E-state index in [1.165, 1.54) is 19.3 Å². The van der Waals surface area contributed by atoms with Crippen molar-refractivity contribution < 1.29 is 0 Å². The molecule has 2 aromatic heterocycles. The lowest BCUT2D eigenvalue weighted by Crippen LogP contribution is -2.31. The number of fused-ring (bicyclic) bond motifs is 1. The SMILES string of the molecule is Cc1cc(N2CCc3nn(C)c(N)c3C2)nc(C2CCC2)n1. The van der Waals surface area contributed by atoms with Crippen LogP contribution >= 0.6 is 0 Å². The van der Waals surface area contributed by atoms with Crippen molar-refractivity contribution in [3.8, 4) is 0 Å². The summed E-state index contributed by atoms with van der Waals surface area (Å²) in [4.78, 5) is 11.8. The Labute approximate surface area is 130 Å². The predicted molar refractivity (Wildman–Crippen MR) is 85.7 cm³/mol. The van der Waals surface area contributed by atoms with Crippen molar-refractivity contribution in [2.45, 2.75) is 45.1 Å². The molecule has 6 nitrogen and oxygen atoms in total. The average Bonchev–Trinajstić information content (AvgIpc) is 2.71. The summed E-state index contributed by atoms with van der Waals surface area (Å²) in [6.07, 6.45) is 4.67. The van der Waals surface area contributed by atoms with Crippen LogP contribution in [-0.4, -0.2) is 26.3 Å². The Morgan fingerprint density at radius 1 is 1.27 bits per heavy atom. The van der Waals surface area contributed by atoms with Gasteiger partial charge in [0, 0.05) is 49.8 Å². The molecule has 22 heavy (non-hydrogen) atoms. The van der Waals surface area contributed by atoms with Gasteiger partial charge in [0.2, 0.25) is 0 Å². The zero-order chi connectivity index (χ0) is 15.3. The quantitative estimate of drug-likeness (QED) is 0.917. The third-order valence-corrected chi connectivity index (χ3v) is 4.90. The second kappa shape index (κ2) is 4.97. The summed E-state index contributed by atoms with van der Waals surface area (Å²) in [7, 11) is 1.90. The summed E-state index contributed by atoms with van der Waals surface area (Å²) < 4.78 is 1.78. The molecule has 1 fully saturated rings. The van der Waals surface area contributed by atoms with E-state index in [1.54, 1.807) is 4.68 Å². The summed E-state index contributed by atoms with van der Waals surface area (Å²) in [6, 6.07) is 2.08. The first-order valence-electron chi connectivity index (χ1n) is 8.02. The minimum atomic E-state index is 0.558. The highest BCUT2D eigenvalue weighted by Gasteiger charge is 2.26. The average molecular weight is 298 g/mol. The third-order valence-electron chi connectivity index (χ3n) is 4.90. The number of aromatic nitrogens is 4. The van der Waals surface area contributed by atoms with Crippen LogP contribution in [0.4, 0.5) is 11.6 Å². The van der Waals surface area contributed by atoms with Gasteiger partial charge in [-0.15, -0.1) is 0 Å². The predicted octanol–water partition coefficient (Wildman–Crippen LogP) is 1.93. The standard InChI is InChI=1S/C16H22N6/c1-10-8-14(19-16(18-10)11-4-3-5-11)22-7-6-13-12(9-22)15(17)21(2)20-13/h8,11H,3-7,9,17H2,1-2H3. The highest BCUT2D eigenvalue weighted by atomic mass is 15.3. The number of rotatable bonds is 2. The smallest absolute Gasteiger partial charge is 0.134 e. The van der Waals surface area contributed by atoms with E-state index >= 15 is 0 Å². The van der Waals surface area contributed by atoms with Gasteiger partial charge in [-0.2, -0.15) is 5.10 Å². The van der Waals surface area contributed by atoms with Crippen molar-refractivity contribution >= 4 is 11.6 Å². The molecule has 0 spiro atoms. The minimum absolute atomic E-state index is 0.558. The molecule has 0 radical (unpaired) electrons. The largest absolute Gasteiger partial charge is 0.384 e. The molecule has 2 aliphatic rings. The Kier molecular flexibility index (Phi) is 3.06. The molecule has 4 rings (SSSR count). The van der Waals surface area contributed by atoms with Gasteiger partial charge in [0.15, 0.2) is 0 Å². The van der Waals surface area contributed by atoms with Gasteiger partial charge < -0.3 is 10.6 Å². The molecule has 0 unspecified atom stereocenters. The number of hydrogen-bond acceptors (Lipinski definition) is 5. The van der Waals surface area contributed by atoms with Gasteiger partial charge in [-0.1, -0.05) is 6.42 Å². The van der Waals surface area contributed by atoms with Crippen molar-refractivity contribution in [3.05, 3.63) is 28.8 Å². The molecule has 0 amide bonds. The lowest BCUT2D eigenvalue weighted by atomic mass is 9.85. The van der Waals surface area contributed by atoms with E-state index in [-0.39, 0.29) is 0 Å². The summed E-state index contributed by atoms with van der Waals surface area (Å²) >= 11 is 0. The van der Waals surface area contributed by atoms with Crippen LogP contribution in [0.1, 0.15) is 48.0 Å². The Morgan fingerprint density at radius 2 is 2.09 bits per heavy atom. The van der Waals surface area contributed by atoms with Crippen LogP contribution in [0.25, 0.3) is 0 Å². The van der Waals surface area contributed by atoms with Gasteiger partial charge in [-0.25, -0.2) is 9.97 Å². The molecule has 0 bridgehead atoms. The highest BCUT2D eigenvalue weighted by molar-refractivity contribution is 5.51. The van der Waals surface area contributed by atoms with E-state index in [2.05, 4.69) is 28.0 Å². The van der Waals surface area contributed by atoms with Crippen LogP contribution in [-0.2, 0) is 20.0 Å². The van der Waals surface area contributed by atoms with Crippen LogP contribution in [0.2, 0.25) is 0 Å². The molecule has 0 aromatic carbocycles. The zero-order valence-electron chi connectivity index (χ0n) is 13.2. The van der Waals surface area contributed by atoms with Gasteiger partial charge in [-0.3, -0.25) is 4.68 Å². The molecule has 116 valence electrons. The van der Waals surface area contributed by atoms with Crippen molar-refractivity contribution in [3.63, 3.8) is 0 Å². The molecule has 1 aliphatic carbocycles. The summed E-state index contributed by atoms with van der Waals surface area (Å²) in [6.45, 7) is 3.78. The first kappa shape index (κ1) is 13.5. The Hall–Kier alpha value is -2.11. The lowest BCUT2D eigenvalue weighted by Gasteiger charge is -2.30. The highest BCUT2D eigenvalue weighted by Crippen LogP contribution is 2.35. The fourth-order valence-electron chi connectivity index (χ4n) is 3.30. The van der Waals surface area contributed by atoms with Crippen LogP contribution in [0.5, 0.6) is 0 Å². The molecule has 2 N–H and O–H groups in total. The Morgan fingerprint density at radius 3 is 2.82 bits per heavy atom. The van der Waals surface area contributed by atoms with E-state index in [4.69, 9.17) is 10.7 Å². The van der Waals surface area contributed by atoms with Gasteiger partial charge in [0.05, 0.1) is 5.69 Å². The number of nitrogens with zero attached hydrogens (tertiary/aromatic N) is 5. The number of nitrogens with two attached hydrogens (primary N) is 1. The van der Waals surface area contributed by atoms with Gasteiger partial charge in [0.1, 0.15) is 17.5 Å². The second-order valence-electron chi connectivity index (χ2n) is 6.46. The molecule has 0 atom stereocenters. The first-order valence-corrected chi connectivity index (χ1v) is 8.02.